The van der Waals surface area contributed by atoms with E-state index >= 15 is 0 Å². The van der Waals surface area contributed by atoms with E-state index in [1.807, 2.05) is 50.2 Å². The Morgan fingerprint density at radius 3 is 2.38 bits per heavy atom. The van der Waals surface area contributed by atoms with Crippen LogP contribution in [0, 0.1) is 5.92 Å². The maximum Gasteiger partial charge on any atom is 0.261 e. The average molecular weight is 540 g/mol. The van der Waals surface area contributed by atoms with Crippen LogP contribution in [0.3, 0.4) is 0 Å². The van der Waals surface area contributed by atoms with Crippen molar-refractivity contribution in [2.75, 3.05) is 11.9 Å². The molecule has 3 N–H and O–H groups in total. The molecule has 0 aliphatic carbocycles. The maximum absolute atomic E-state index is 12.9. The van der Waals surface area contributed by atoms with E-state index in [1.54, 1.807) is 36.4 Å². The fraction of sp³-hybridized carbons (Fsp3) is 0.192. The molecule has 0 bridgehead atoms. The molecule has 0 spiro atoms. The summed E-state index contributed by atoms with van der Waals surface area (Å²) in [5.74, 6) is 0.116. The number of nitrogens with one attached hydrogen (secondary N) is 3. The van der Waals surface area contributed by atoms with E-state index in [9.17, 15) is 9.59 Å². The molecule has 0 aliphatic heterocycles. The van der Waals surface area contributed by atoms with Gasteiger partial charge in [0, 0.05) is 11.0 Å². The van der Waals surface area contributed by atoms with E-state index in [1.165, 1.54) is 0 Å². The third-order valence-corrected chi connectivity index (χ3v) is 5.40. The standard InChI is InChI=1S/C26H26BrN3O3S/c1-17(2)16-33-23-13-12-19(27)14-21(23)25(32)30-26(34)29-22-11-7-6-10-20(22)24(31)28-15-18-8-4-3-5-9-18/h3-14,17H,15-16H2,1-2H3,(H,28,31)(H2,29,30,32,34). The Kier molecular flexibility index (Phi) is 9.18. The number of carbonyl (C=O) groups is 2. The number of amides is 2. The van der Waals surface area contributed by atoms with Gasteiger partial charge in [0.2, 0.25) is 0 Å². The van der Waals surface area contributed by atoms with Crippen LogP contribution >= 0.6 is 28.1 Å². The van der Waals surface area contributed by atoms with E-state index in [0.717, 1.165) is 10.0 Å². The Hall–Kier alpha value is -3.23. The zero-order valence-electron chi connectivity index (χ0n) is 18.9. The number of ether oxygens (including phenoxy) is 1. The minimum Gasteiger partial charge on any atom is -0.492 e. The van der Waals surface area contributed by atoms with E-state index in [-0.39, 0.29) is 11.0 Å². The third kappa shape index (κ3) is 7.40. The maximum atomic E-state index is 12.9. The minimum atomic E-state index is -0.413. The van der Waals surface area contributed by atoms with Crippen molar-refractivity contribution >= 4 is 50.8 Å². The van der Waals surface area contributed by atoms with Crippen LogP contribution in [0.15, 0.2) is 77.3 Å². The summed E-state index contributed by atoms with van der Waals surface area (Å²) >= 11 is 8.75. The lowest BCUT2D eigenvalue weighted by atomic mass is 10.1. The Balaban J connectivity index is 1.67. The first-order valence-corrected chi connectivity index (χ1v) is 12.0. The van der Waals surface area contributed by atoms with Crippen molar-refractivity contribution in [3.05, 3.63) is 94.0 Å². The van der Waals surface area contributed by atoms with E-state index < -0.39 is 5.91 Å². The van der Waals surface area contributed by atoms with Crippen molar-refractivity contribution in [3.63, 3.8) is 0 Å². The van der Waals surface area contributed by atoms with E-state index in [4.69, 9.17) is 17.0 Å². The molecule has 3 aromatic carbocycles. The van der Waals surface area contributed by atoms with Crippen LogP contribution in [0.2, 0.25) is 0 Å². The molecule has 3 aromatic rings. The second kappa shape index (κ2) is 12.3. The van der Waals surface area contributed by atoms with Gasteiger partial charge in [-0.25, -0.2) is 0 Å². The third-order valence-electron chi connectivity index (χ3n) is 4.70. The minimum absolute atomic E-state index is 0.0723. The number of benzene rings is 3. The highest BCUT2D eigenvalue weighted by atomic mass is 79.9. The first-order chi connectivity index (χ1) is 16.3. The van der Waals surface area contributed by atoms with Gasteiger partial charge in [0.15, 0.2) is 5.11 Å². The van der Waals surface area contributed by atoms with Crippen molar-refractivity contribution in [3.8, 4) is 5.75 Å². The Bertz CT molecular complexity index is 1170. The highest BCUT2D eigenvalue weighted by Crippen LogP contribution is 2.24. The molecule has 34 heavy (non-hydrogen) atoms. The van der Waals surface area contributed by atoms with Gasteiger partial charge >= 0.3 is 0 Å². The van der Waals surface area contributed by atoms with Gasteiger partial charge in [-0.3, -0.25) is 14.9 Å². The molecule has 0 saturated heterocycles. The predicted octanol–water partition coefficient (Wildman–Crippen LogP) is 5.54. The van der Waals surface area contributed by atoms with Gasteiger partial charge < -0.3 is 15.4 Å². The monoisotopic (exact) mass is 539 g/mol. The number of halogens is 1. The fourth-order valence-electron chi connectivity index (χ4n) is 3.05. The van der Waals surface area contributed by atoms with Crippen molar-refractivity contribution in [2.45, 2.75) is 20.4 Å². The summed E-state index contributed by atoms with van der Waals surface area (Å²) in [6.45, 7) is 4.95. The summed E-state index contributed by atoms with van der Waals surface area (Å²) in [6.07, 6.45) is 0. The summed E-state index contributed by atoms with van der Waals surface area (Å²) in [4.78, 5) is 25.7. The lowest BCUT2D eigenvalue weighted by Gasteiger charge is -2.16. The second-order valence-corrected chi connectivity index (χ2v) is 9.29. The summed E-state index contributed by atoms with van der Waals surface area (Å²) in [7, 11) is 0. The largest absolute Gasteiger partial charge is 0.492 e. The summed E-state index contributed by atoms with van der Waals surface area (Å²) in [5, 5.41) is 8.61. The number of carbonyl (C=O) groups excluding carboxylic acids is 2. The molecule has 0 atom stereocenters. The van der Waals surface area contributed by atoms with Crippen LogP contribution in [0.4, 0.5) is 5.69 Å². The van der Waals surface area contributed by atoms with Gasteiger partial charge in [-0.05, 0) is 54.0 Å². The summed E-state index contributed by atoms with van der Waals surface area (Å²) < 4.78 is 6.53. The highest BCUT2D eigenvalue weighted by molar-refractivity contribution is 9.10. The van der Waals surface area contributed by atoms with Gasteiger partial charge in [-0.2, -0.15) is 0 Å². The second-order valence-electron chi connectivity index (χ2n) is 7.97. The van der Waals surface area contributed by atoms with Crippen LogP contribution in [-0.2, 0) is 6.54 Å². The number of hydrogen-bond donors (Lipinski definition) is 3. The van der Waals surface area contributed by atoms with Gasteiger partial charge in [-0.15, -0.1) is 0 Å². The smallest absolute Gasteiger partial charge is 0.261 e. The van der Waals surface area contributed by atoms with Gasteiger partial charge in [-0.1, -0.05) is 72.2 Å². The Morgan fingerprint density at radius 1 is 0.941 bits per heavy atom. The number of rotatable bonds is 8. The fourth-order valence-corrected chi connectivity index (χ4v) is 3.61. The zero-order chi connectivity index (χ0) is 24.5. The molecule has 0 heterocycles. The summed E-state index contributed by atoms with van der Waals surface area (Å²) in [6, 6.07) is 21.9. The number of hydrogen-bond acceptors (Lipinski definition) is 4. The molecule has 8 heteroatoms. The van der Waals surface area contributed by atoms with Gasteiger partial charge in [0.05, 0.1) is 23.4 Å². The first-order valence-electron chi connectivity index (χ1n) is 10.8. The molecule has 0 fully saturated rings. The molecule has 0 radical (unpaired) electrons. The topological polar surface area (TPSA) is 79.5 Å². The Morgan fingerprint density at radius 2 is 1.65 bits per heavy atom. The van der Waals surface area contributed by atoms with Crippen LogP contribution in [0.1, 0.15) is 40.1 Å². The van der Waals surface area contributed by atoms with Crippen LogP contribution in [0.5, 0.6) is 5.75 Å². The van der Waals surface area contributed by atoms with Gasteiger partial charge in [0.25, 0.3) is 11.8 Å². The molecule has 0 aliphatic rings. The van der Waals surface area contributed by atoms with Gasteiger partial charge in [0.1, 0.15) is 5.75 Å². The van der Waals surface area contributed by atoms with Crippen molar-refractivity contribution in [1.82, 2.24) is 10.6 Å². The average Bonchev–Trinajstić information content (AvgIpc) is 2.82. The molecular formula is C26H26BrN3O3S. The molecular weight excluding hydrogens is 514 g/mol. The first kappa shape index (κ1) is 25.4. The highest BCUT2D eigenvalue weighted by Gasteiger charge is 2.17. The van der Waals surface area contributed by atoms with Crippen LogP contribution in [-0.4, -0.2) is 23.5 Å². The number of thiocarbonyl (C=S) groups is 1. The molecule has 0 unspecified atom stereocenters. The van der Waals surface area contributed by atoms with Crippen molar-refractivity contribution in [1.29, 1.82) is 0 Å². The predicted molar refractivity (Wildman–Crippen MR) is 142 cm³/mol. The normalized spacial score (nSPS) is 10.5. The number of para-hydroxylation sites is 1. The molecule has 0 saturated carbocycles. The summed E-state index contributed by atoms with van der Waals surface area (Å²) in [5.41, 5.74) is 2.25. The van der Waals surface area contributed by atoms with E-state index in [0.29, 0.717) is 41.6 Å². The van der Waals surface area contributed by atoms with Crippen LogP contribution in [0.25, 0.3) is 0 Å². The molecule has 6 nitrogen and oxygen atoms in total. The molecule has 176 valence electrons. The SMILES string of the molecule is CC(C)COc1ccc(Br)cc1C(=O)NC(=S)Nc1ccccc1C(=O)NCc1ccccc1. The van der Waals surface area contributed by atoms with Crippen molar-refractivity contribution < 1.29 is 14.3 Å². The lowest BCUT2D eigenvalue weighted by Crippen LogP contribution is -2.35. The van der Waals surface area contributed by atoms with Crippen molar-refractivity contribution in [2.24, 2.45) is 5.92 Å². The quantitative estimate of drug-likeness (QED) is 0.327. The molecule has 3 rings (SSSR count). The number of anilines is 1. The molecule has 2 amide bonds. The zero-order valence-corrected chi connectivity index (χ0v) is 21.3. The lowest BCUT2D eigenvalue weighted by molar-refractivity contribution is 0.0949. The van der Waals surface area contributed by atoms with E-state index in [2.05, 4.69) is 31.9 Å². The molecule has 0 aromatic heterocycles. The van der Waals surface area contributed by atoms with Crippen LogP contribution < -0.4 is 20.7 Å². The Labute approximate surface area is 213 Å².